The summed E-state index contributed by atoms with van der Waals surface area (Å²) in [6.07, 6.45) is 2.78. The number of carbonyl (C=O) groups excluding carboxylic acids is 1. The average molecular weight is 475 g/mol. The summed E-state index contributed by atoms with van der Waals surface area (Å²) in [7, 11) is 0. The number of amides is 1. The number of fused-ring (bicyclic) bond motifs is 1. The number of aliphatic hydroxyl groups excluding tert-OH is 3. The van der Waals surface area contributed by atoms with E-state index in [0.717, 1.165) is 19.4 Å². The Bertz CT molecular complexity index is 609. The molecule has 3 unspecified atom stereocenters. The Morgan fingerprint density at radius 2 is 1.97 bits per heavy atom. The molecule has 3 fully saturated rings. The Labute approximate surface area is 196 Å². The highest BCUT2D eigenvalue weighted by Gasteiger charge is 2.49. The van der Waals surface area contributed by atoms with Gasteiger partial charge in [0, 0.05) is 13.2 Å². The van der Waals surface area contributed by atoms with Crippen LogP contribution in [0.2, 0.25) is 0 Å². The van der Waals surface area contributed by atoms with Crippen molar-refractivity contribution in [2.45, 2.75) is 101 Å². The van der Waals surface area contributed by atoms with Gasteiger partial charge < -0.3 is 35.4 Å². The standard InChI is InChI=1S/C23H42N2O6S/c1-5-6-7-13-8-9-30-20-14(10-13)11-24-16(20)22(29)25-15(12(2)3)21-18(27)17(26)19(28)23(31-21)32-4/h12-21,23-24,26-28H,5-11H2,1-4H3,(H,25,29)/t13-,14+,15-,16+,17?,18?,19-,20-,21-,23?/m1/s1. The van der Waals surface area contributed by atoms with E-state index in [0.29, 0.717) is 18.4 Å². The molecule has 3 heterocycles. The highest BCUT2D eigenvalue weighted by atomic mass is 32.2. The lowest BCUT2D eigenvalue weighted by Gasteiger charge is -2.44. The predicted molar refractivity (Wildman–Crippen MR) is 124 cm³/mol. The van der Waals surface area contributed by atoms with Crippen LogP contribution < -0.4 is 10.6 Å². The van der Waals surface area contributed by atoms with Gasteiger partial charge in [-0.25, -0.2) is 0 Å². The van der Waals surface area contributed by atoms with Crippen LogP contribution in [0.3, 0.4) is 0 Å². The first kappa shape index (κ1) is 26.2. The molecule has 8 nitrogen and oxygen atoms in total. The van der Waals surface area contributed by atoms with E-state index in [1.165, 1.54) is 31.0 Å². The Morgan fingerprint density at radius 3 is 2.62 bits per heavy atom. The maximum Gasteiger partial charge on any atom is 0.240 e. The first-order valence-electron chi connectivity index (χ1n) is 12.2. The molecule has 3 saturated heterocycles. The number of nitrogens with one attached hydrogen (secondary N) is 2. The van der Waals surface area contributed by atoms with E-state index in [9.17, 15) is 20.1 Å². The van der Waals surface area contributed by atoms with E-state index in [1.807, 2.05) is 13.8 Å². The molecule has 0 spiro atoms. The quantitative estimate of drug-likeness (QED) is 0.352. The van der Waals surface area contributed by atoms with Crippen LogP contribution in [-0.2, 0) is 14.3 Å². The highest BCUT2D eigenvalue weighted by molar-refractivity contribution is 7.99. The number of carbonyl (C=O) groups is 1. The van der Waals surface area contributed by atoms with Crippen LogP contribution in [0.25, 0.3) is 0 Å². The summed E-state index contributed by atoms with van der Waals surface area (Å²) in [6, 6.07) is -0.961. The maximum atomic E-state index is 13.3. The summed E-state index contributed by atoms with van der Waals surface area (Å²) < 4.78 is 12.1. The van der Waals surface area contributed by atoms with Gasteiger partial charge in [-0.1, -0.05) is 40.0 Å². The van der Waals surface area contributed by atoms with Gasteiger partial charge in [0.25, 0.3) is 0 Å². The third-order valence-electron chi connectivity index (χ3n) is 7.33. The van der Waals surface area contributed by atoms with E-state index in [2.05, 4.69) is 17.6 Å². The Kier molecular flexibility index (Phi) is 9.67. The van der Waals surface area contributed by atoms with E-state index < -0.39 is 41.9 Å². The fourth-order valence-corrected chi connectivity index (χ4v) is 6.07. The first-order chi connectivity index (χ1) is 15.3. The fourth-order valence-electron chi connectivity index (χ4n) is 5.39. The van der Waals surface area contributed by atoms with E-state index in [-0.39, 0.29) is 17.9 Å². The number of hydrogen-bond acceptors (Lipinski definition) is 8. The van der Waals surface area contributed by atoms with Crippen LogP contribution in [0.4, 0.5) is 0 Å². The third kappa shape index (κ3) is 5.79. The van der Waals surface area contributed by atoms with Crippen LogP contribution in [0.1, 0.15) is 52.9 Å². The lowest BCUT2D eigenvalue weighted by molar-refractivity contribution is -0.208. The fraction of sp³-hybridized carbons (Fsp3) is 0.957. The molecule has 32 heavy (non-hydrogen) atoms. The van der Waals surface area contributed by atoms with Gasteiger partial charge in [-0.3, -0.25) is 4.79 Å². The normalized spacial score (nSPS) is 41.2. The molecule has 0 bridgehead atoms. The van der Waals surface area contributed by atoms with Gasteiger partial charge >= 0.3 is 0 Å². The highest BCUT2D eigenvalue weighted by Crippen LogP contribution is 2.34. The molecule has 3 rings (SSSR count). The molecule has 5 N–H and O–H groups in total. The molecule has 9 heteroatoms. The van der Waals surface area contributed by atoms with Crippen LogP contribution >= 0.6 is 11.8 Å². The van der Waals surface area contributed by atoms with Gasteiger partial charge in [-0.05, 0) is 36.9 Å². The lowest BCUT2D eigenvalue weighted by atomic mass is 9.86. The second-order valence-electron chi connectivity index (χ2n) is 9.97. The van der Waals surface area contributed by atoms with Gasteiger partial charge in [0.05, 0.1) is 12.1 Å². The van der Waals surface area contributed by atoms with Crippen molar-refractivity contribution in [3.8, 4) is 0 Å². The zero-order chi connectivity index (χ0) is 23.4. The second-order valence-corrected chi connectivity index (χ2v) is 10.9. The molecule has 0 radical (unpaired) electrons. The number of aliphatic hydroxyl groups is 3. The smallest absolute Gasteiger partial charge is 0.240 e. The Morgan fingerprint density at radius 1 is 1.22 bits per heavy atom. The average Bonchev–Trinajstić information content (AvgIpc) is 3.05. The summed E-state index contributed by atoms with van der Waals surface area (Å²) in [5, 5.41) is 37.5. The van der Waals surface area contributed by atoms with Gasteiger partial charge in [0.2, 0.25) is 5.91 Å². The van der Waals surface area contributed by atoms with Crippen molar-refractivity contribution in [2.24, 2.45) is 17.8 Å². The summed E-state index contributed by atoms with van der Waals surface area (Å²) >= 11 is 1.27. The molecule has 186 valence electrons. The van der Waals surface area contributed by atoms with E-state index >= 15 is 0 Å². The number of ether oxygens (including phenoxy) is 2. The van der Waals surface area contributed by atoms with E-state index in [1.54, 1.807) is 6.26 Å². The van der Waals surface area contributed by atoms with Crippen molar-refractivity contribution in [3.05, 3.63) is 0 Å². The summed E-state index contributed by atoms with van der Waals surface area (Å²) in [5.74, 6) is 0.760. The largest absolute Gasteiger partial charge is 0.388 e. The predicted octanol–water partition coefficient (Wildman–Crippen LogP) is 0.871. The number of hydrogen-bond donors (Lipinski definition) is 5. The molecular formula is C23H42N2O6S. The summed E-state index contributed by atoms with van der Waals surface area (Å²) in [6.45, 7) is 7.54. The van der Waals surface area contributed by atoms with Crippen molar-refractivity contribution in [1.82, 2.24) is 10.6 Å². The maximum absolute atomic E-state index is 13.3. The van der Waals surface area contributed by atoms with Crippen molar-refractivity contribution in [3.63, 3.8) is 0 Å². The Balaban J connectivity index is 1.66. The summed E-state index contributed by atoms with van der Waals surface area (Å²) in [4.78, 5) is 13.3. The molecule has 0 aromatic carbocycles. The van der Waals surface area contributed by atoms with Gasteiger partial charge in [0.1, 0.15) is 35.9 Å². The molecule has 0 aliphatic carbocycles. The second kappa shape index (κ2) is 11.8. The zero-order valence-corrected chi connectivity index (χ0v) is 20.6. The SMILES string of the molecule is CCCC[C@@H]1CCO[C@@H]2[C@H](CN[C@@H]2C(=O)N[C@H](C(C)C)[C@H]2OC(SC)[C@H](O)C(O)C2O)C1. The van der Waals surface area contributed by atoms with E-state index in [4.69, 9.17) is 9.47 Å². The molecule has 0 saturated carbocycles. The Hall–Kier alpha value is -0.420. The van der Waals surface area contributed by atoms with Crippen LogP contribution in [-0.4, -0.2) is 88.7 Å². The topological polar surface area (TPSA) is 120 Å². The molecular weight excluding hydrogens is 432 g/mol. The molecule has 1 amide bonds. The van der Waals surface area contributed by atoms with Crippen LogP contribution in [0.15, 0.2) is 0 Å². The molecule has 3 aliphatic heterocycles. The minimum atomic E-state index is -1.33. The molecule has 0 aromatic rings. The molecule has 0 aromatic heterocycles. The van der Waals surface area contributed by atoms with Crippen molar-refractivity contribution in [2.75, 3.05) is 19.4 Å². The van der Waals surface area contributed by atoms with Gasteiger partial charge in [-0.15, -0.1) is 11.8 Å². The van der Waals surface area contributed by atoms with Crippen molar-refractivity contribution in [1.29, 1.82) is 0 Å². The molecule has 3 aliphatic rings. The minimum Gasteiger partial charge on any atom is -0.388 e. The zero-order valence-electron chi connectivity index (χ0n) is 19.8. The van der Waals surface area contributed by atoms with Gasteiger partial charge in [-0.2, -0.15) is 0 Å². The molecule has 10 atom stereocenters. The first-order valence-corrected chi connectivity index (χ1v) is 13.4. The van der Waals surface area contributed by atoms with Crippen molar-refractivity contribution >= 4 is 17.7 Å². The van der Waals surface area contributed by atoms with Crippen molar-refractivity contribution < 1.29 is 29.6 Å². The number of unbranched alkanes of at least 4 members (excludes halogenated alkanes) is 1. The van der Waals surface area contributed by atoms with Crippen LogP contribution in [0, 0.1) is 17.8 Å². The minimum absolute atomic E-state index is 0.0470. The van der Waals surface area contributed by atoms with Crippen LogP contribution in [0.5, 0.6) is 0 Å². The number of thioether (sulfide) groups is 1. The monoisotopic (exact) mass is 474 g/mol. The lowest BCUT2D eigenvalue weighted by Crippen LogP contribution is -2.65. The number of rotatable bonds is 8. The summed E-state index contributed by atoms with van der Waals surface area (Å²) in [5.41, 5.74) is -0.671. The third-order valence-corrected chi connectivity index (χ3v) is 8.19. The van der Waals surface area contributed by atoms with Gasteiger partial charge in [0.15, 0.2) is 0 Å².